The van der Waals surface area contributed by atoms with Crippen LogP contribution in [0.15, 0.2) is 18.2 Å². The standard InChI is InChI=1S/C15H21NO3/c1-10-3-8-14(19-2)13(9-10)16-12-6-4-11(5-7-12)15(17)18/h3,8-9,11-12,16H,4-7H2,1-2H3,(H,17,18). The number of ether oxygens (including phenoxy) is 1. The van der Waals surface area contributed by atoms with Gasteiger partial charge in [0, 0.05) is 6.04 Å². The maximum atomic E-state index is 10.9. The molecule has 1 saturated carbocycles. The highest BCUT2D eigenvalue weighted by molar-refractivity contribution is 5.70. The van der Waals surface area contributed by atoms with Gasteiger partial charge in [-0.3, -0.25) is 4.79 Å². The molecular formula is C15H21NO3. The summed E-state index contributed by atoms with van der Waals surface area (Å²) in [6.07, 6.45) is 3.30. The summed E-state index contributed by atoms with van der Waals surface area (Å²) >= 11 is 0. The lowest BCUT2D eigenvalue weighted by Gasteiger charge is -2.28. The summed E-state index contributed by atoms with van der Waals surface area (Å²) in [6, 6.07) is 6.39. The number of hydrogen-bond donors (Lipinski definition) is 2. The van der Waals surface area contributed by atoms with Gasteiger partial charge in [-0.05, 0) is 50.3 Å². The first-order chi connectivity index (χ1) is 9.10. The summed E-state index contributed by atoms with van der Waals surface area (Å²) in [7, 11) is 1.66. The number of carboxylic acids is 1. The zero-order chi connectivity index (χ0) is 13.8. The molecule has 4 heteroatoms. The number of rotatable bonds is 4. The van der Waals surface area contributed by atoms with Crippen LogP contribution in [0.3, 0.4) is 0 Å². The van der Waals surface area contributed by atoms with Gasteiger partial charge in [0.25, 0.3) is 0 Å². The molecule has 2 rings (SSSR count). The lowest BCUT2D eigenvalue weighted by molar-refractivity contribution is -0.142. The summed E-state index contributed by atoms with van der Waals surface area (Å²) in [4.78, 5) is 10.9. The molecule has 0 heterocycles. The number of nitrogens with one attached hydrogen (secondary N) is 1. The quantitative estimate of drug-likeness (QED) is 0.876. The van der Waals surface area contributed by atoms with E-state index in [1.807, 2.05) is 19.1 Å². The summed E-state index contributed by atoms with van der Waals surface area (Å²) in [5, 5.41) is 12.5. The van der Waals surface area contributed by atoms with E-state index in [2.05, 4.69) is 11.4 Å². The van der Waals surface area contributed by atoms with Gasteiger partial charge in [0.1, 0.15) is 5.75 Å². The van der Waals surface area contributed by atoms with E-state index >= 15 is 0 Å². The number of hydrogen-bond acceptors (Lipinski definition) is 3. The molecule has 104 valence electrons. The first-order valence-corrected chi connectivity index (χ1v) is 6.74. The zero-order valence-electron chi connectivity index (χ0n) is 11.5. The van der Waals surface area contributed by atoms with Crippen LogP contribution in [0.25, 0.3) is 0 Å². The number of aryl methyl sites for hydroxylation is 1. The van der Waals surface area contributed by atoms with Crippen LogP contribution < -0.4 is 10.1 Å². The van der Waals surface area contributed by atoms with E-state index in [9.17, 15) is 4.79 Å². The fourth-order valence-electron chi connectivity index (χ4n) is 2.64. The first-order valence-electron chi connectivity index (χ1n) is 6.74. The van der Waals surface area contributed by atoms with E-state index in [0.717, 1.165) is 37.1 Å². The second kappa shape index (κ2) is 5.95. The highest BCUT2D eigenvalue weighted by Crippen LogP contribution is 2.31. The number of anilines is 1. The Morgan fingerprint density at radius 2 is 2.00 bits per heavy atom. The molecule has 1 fully saturated rings. The maximum absolute atomic E-state index is 10.9. The maximum Gasteiger partial charge on any atom is 0.306 e. The van der Waals surface area contributed by atoms with Crippen molar-refractivity contribution >= 4 is 11.7 Å². The average molecular weight is 263 g/mol. The number of carbonyl (C=O) groups is 1. The van der Waals surface area contributed by atoms with Crippen molar-refractivity contribution in [3.63, 3.8) is 0 Å². The van der Waals surface area contributed by atoms with Gasteiger partial charge in [-0.25, -0.2) is 0 Å². The molecule has 4 nitrogen and oxygen atoms in total. The minimum atomic E-state index is -0.661. The summed E-state index contributed by atoms with van der Waals surface area (Å²) in [5.41, 5.74) is 2.18. The van der Waals surface area contributed by atoms with Crippen LogP contribution in [0.2, 0.25) is 0 Å². The highest BCUT2D eigenvalue weighted by atomic mass is 16.5. The van der Waals surface area contributed by atoms with Crippen LogP contribution in [0.1, 0.15) is 31.2 Å². The van der Waals surface area contributed by atoms with E-state index in [1.54, 1.807) is 7.11 Å². The molecule has 0 spiro atoms. The Morgan fingerprint density at radius 3 is 2.58 bits per heavy atom. The van der Waals surface area contributed by atoms with Crippen molar-refractivity contribution in [2.75, 3.05) is 12.4 Å². The van der Waals surface area contributed by atoms with E-state index in [0.29, 0.717) is 6.04 Å². The Bertz CT molecular complexity index is 451. The summed E-state index contributed by atoms with van der Waals surface area (Å²) in [6.45, 7) is 2.05. The molecule has 0 atom stereocenters. The SMILES string of the molecule is COc1ccc(C)cc1NC1CCC(C(=O)O)CC1. The molecule has 1 aromatic rings. The van der Waals surface area contributed by atoms with Crippen LogP contribution >= 0.6 is 0 Å². The molecule has 0 amide bonds. The fourth-order valence-corrected chi connectivity index (χ4v) is 2.64. The van der Waals surface area contributed by atoms with Gasteiger partial charge in [-0.2, -0.15) is 0 Å². The van der Waals surface area contributed by atoms with Crippen molar-refractivity contribution in [3.05, 3.63) is 23.8 Å². The second-order valence-electron chi connectivity index (χ2n) is 5.23. The molecular weight excluding hydrogens is 242 g/mol. The molecule has 1 aromatic carbocycles. The molecule has 0 radical (unpaired) electrons. The monoisotopic (exact) mass is 263 g/mol. The van der Waals surface area contributed by atoms with Gasteiger partial charge in [0.2, 0.25) is 0 Å². The van der Waals surface area contributed by atoms with Crippen molar-refractivity contribution in [1.82, 2.24) is 0 Å². The molecule has 19 heavy (non-hydrogen) atoms. The lowest BCUT2D eigenvalue weighted by atomic mass is 9.86. The number of carboxylic acid groups (broad SMARTS) is 1. The molecule has 0 aromatic heterocycles. The van der Waals surface area contributed by atoms with E-state index in [1.165, 1.54) is 5.56 Å². The normalized spacial score (nSPS) is 22.8. The van der Waals surface area contributed by atoms with Gasteiger partial charge in [0.05, 0.1) is 18.7 Å². The number of benzene rings is 1. The predicted molar refractivity (Wildman–Crippen MR) is 74.7 cm³/mol. The van der Waals surface area contributed by atoms with Crippen molar-refractivity contribution in [2.45, 2.75) is 38.6 Å². The summed E-state index contributed by atoms with van der Waals surface area (Å²) < 4.78 is 5.34. The van der Waals surface area contributed by atoms with Crippen LogP contribution in [0.5, 0.6) is 5.75 Å². The van der Waals surface area contributed by atoms with Crippen molar-refractivity contribution in [3.8, 4) is 5.75 Å². The third-order valence-corrected chi connectivity index (χ3v) is 3.79. The van der Waals surface area contributed by atoms with Crippen LogP contribution in [0, 0.1) is 12.8 Å². The third-order valence-electron chi connectivity index (χ3n) is 3.79. The van der Waals surface area contributed by atoms with Crippen molar-refractivity contribution < 1.29 is 14.6 Å². The molecule has 0 unspecified atom stereocenters. The molecule has 0 bridgehead atoms. The first kappa shape index (κ1) is 13.7. The van der Waals surface area contributed by atoms with Gasteiger partial charge >= 0.3 is 5.97 Å². The average Bonchev–Trinajstić information content (AvgIpc) is 2.39. The van der Waals surface area contributed by atoms with Crippen LogP contribution in [0.4, 0.5) is 5.69 Å². The molecule has 1 aliphatic carbocycles. The molecule has 2 N–H and O–H groups in total. The lowest BCUT2D eigenvalue weighted by Crippen LogP contribution is -2.29. The Morgan fingerprint density at radius 1 is 1.32 bits per heavy atom. The molecule has 0 aliphatic heterocycles. The fraction of sp³-hybridized carbons (Fsp3) is 0.533. The predicted octanol–water partition coefficient (Wildman–Crippen LogP) is 3.06. The zero-order valence-corrected chi connectivity index (χ0v) is 11.5. The van der Waals surface area contributed by atoms with E-state index in [4.69, 9.17) is 9.84 Å². The highest BCUT2D eigenvalue weighted by Gasteiger charge is 2.26. The van der Waals surface area contributed by atoms with Gasteiger partial charge < -0.3 is 15.2 Å². The van der Waals surface area contributed by atoms with Gasteiger partial charge in [-0.15, -0.1) is 0 Å². The third kappa shape index (κ3) is 3.40. The van der Waals surface area contributed by atoms with E-state index < -0.39 is 5.97 Å². The minimum absolute atomic E-state index is 0.169. The van der Waals surface area contributed by atoms with E-state index in [-0.39, 0.29) is 5.92 Å². The number of methoxy groups -OCH3 is 1. The Hall–Kier alpha value is -1.71. The van der Waals surface area contributed by atoms with Crippen LogP contribution in [-0.4, -0.2) is 24.2 Å². The largest absolute Gasteiger partial charge is 0.495 e. The topological polar surface area (TPSA) is 58.6 Å². The van der Waals surface area contributed by atoms with Gasteiger partial charge in [-0.1, -0.05) is 6.07 Å². The number of aliphatic carboxylic acids is 1. The molecule has 1 aliphatic rings. The molecule has 0 saturated heterocycles. The van der Waals surface area contributed by atoms with Crippen molar-refractivity contribution in [2.24, 2.45) is 5.92 Å². The van der Waals surface area contributed by atoms with Crippen LogP contribution in [-0.2, 0) is 4.79 Å². The Kier molecular flexibility index (Phi) is 4.30. The van der Waals surface area contributed by atoms with Gasteiger partial charge in [0.15, 0.2) is 0 Å². The van der Waals surface area contributed by atoms with Crippen molar-refractivity contribution in [1.29, 1.82) is 0 Å². The minimum Gasteiger partial charge on any atom is -0.495 e. The Balaban J connectivity index is 1.99. The second-order valence-corrected chi connectivity index (χ2v) is 5.23. The Labute approximate surface area is 113 Å². The smallest absolute Gasteiger partial charge is 0.306 e. The summed E-state index contributed by atoms with van der Waals surface area (Å²) in [5.74, 6) is 0.00926.